The quantitative estimate of drug-likeness (QED) is 0.739. The highest BCUT2D eigenvalue weighted by Gasteiger charge is 2.15. The summed E-state index contributed by atoms with van der Waals surface area (Å²) in [5.74, 6) is 0. The Labute approximate surface area is 138 Å². The van der Waals surface area contributed by atoms with Crippen LogP contribution in [0.5, 0.6) is 0 Å². The molecule has 3 N–H and O–H groups in total. The lowest BCUT2D eigenvalue weighted by Crippen LogP contribution is -3.06. The third-order valence-electron chi connectivity index (χ3n) is 3.40. The first-order valence-electron chi connectivity index (χ1n) is 7.53. The van der Waals surface area contributed by atoms with Crippen LogP contribution in [0, 0.1) is 6.92 Å². The van der Waals surface area contributed by atoms with Gasteiger partial charge in [0.25, 0.3) is 0 Å². The standard InChI is InChI=1S/C18H23N3S/c1-14-8-7-11-16(12-14)19-18(22)20-17(13-21(2)3)15-9-5-4-6-10-15/h4-12,17H,13H2,1-3H3,(H2,19,20,22)/p+1/t17-/m1/s1. The van der Waals surface area contributed by atoms with Crippen LogP contribution in [0.2, 0.25) is 0 Å². The minimum atomic E-state index is 0.191. The van der Waals surface area contributed by atoms with Crippen molar-refractivity contribution >= 4 is 23.0 Å². The van der Waals surface area contributed by atoms with Gasteiger partial charge in [0.05, 0.1) is 14.1 Å². The number of benzene rings is 2. The van der Waals surface area contributed by atoms with E-state index in [1.54, 1.807) is 0 Å². The highest BCUT2D eigenvalue weighted by Crippen LogP contribution is 2.13. The van der Waals surface area contributed by atoms with E-state index in [-0.39, 0.29) is 6.04 Å². The highest BCUT2D eigenvalue weighted by molar-refractivity contribution is 7.80. The van der Waals surface area contributed by atoms with Crippen molar-refractivity contribution in [3.63, 3.8) is 0 Å². The Bertz CT molecular complexity index is 611. The van der Waals surface area contributed by atoms with Gasteiger partial charge >= 0.3 is 0 Å². The van der Waals surface area contributed by atoms with E-state index in [9.17, 15) is 0 Å². The Morgan fingerprint density at radius 3 is 2.45 bits per heavy atom. The van der Waals surface area contributed by atoms with Gasteiger partial charge in [0.2, 0.25) is 0 Å². The molecule has 0 saturated heterocycles. The van der Waals surface area contributed by atoms with E-state index in [2.05, 4.69) is 68.1 Å². The fourth-order valence-electron chi connectivity index (χ4n) is 2.39. The second kappa shape index (κ2) is 7.92. The molecule has 2 rings (SSSR count). The van der Waals surface area contributed by atoms with Crippen LogP contribution in [0.1, 0.15) is 17.2 Å². The molecular formula is C18H24N3S+. The molecule has 0 aliphatic heterocycles. The molecule has 0 bridgehead atoms. The van der Waals surface area contributed by atoms with Gasteiger partial charge in [-0.2, -0.15) is 0 Å². The first-order valence-corrected chi connectivity index (χ1v) is 7.93. The van der Waals surface area contributed by atoms with Crippen molar-refractivity contribution in [3.8, 4) is 0 Å². The lowest BCUT2D eigenvalue weighted by molar-refractivity contribution is -0.860. The van der Waals surface area contributed by atoms with Gasteiger partial charge in [-0.1, -0.05) is 42.5 Å². The summed E-state index contributed by atoms with van der Waals surface area (Å²) in [4.78, 5) is 1.37. The van der Waals surface area contributed by atoms with E-state index < -0.39 is 0 Å². The van der Waals surface area contributed by atoms with Crippen LogP contribution < -0.4 is 15.5 Å². The lowest BCUT2D eigenvalue weighted by atomic mass is 10.1. The van der Waals surface area contributed by atoms with Gasteiger partial charge in [-0.15, -0.1) is 0 Å². The maximum Gasteiger partial charge on any atom is 0.171 e. The number of aryl methyl sites for hydroxylation is 1. The fourth-order valence-corrected chi connectivity index (χ4v) is 2.65. The third-order valence-corrected chi connectivity index (χ3v) is 3.62. The number of quaternary nitrogens is 1. The third kappa shape index (κ3) is 5.13. The average Bonchev–Trinajstić information content (AvgIpc) is 2.47. The van der Waals surface area contributed by atoms with Crippen molar-refractivity contribution in [1.29, 1.82) is 0 Å². The average molecular weight is 314 g/mol. The zero-order chi connectivity index (χ0) is 15.9. The van der Waals surface area contributed by atoms with Crippen molar-refractivity contribution in [3.05, 3.63) is 65.7 Å². The number of nitrogens with one attached hydrogen (secondary N) is 3. The smallest absolute Gasteiger partial charge is 0.171 e. The maximum absolute atomic E-state index is 5.48. The van der Waals surface area contributed by atoms with Crippen LogP contribution in [0.15, 0.2) is 54.6 Å². The van der Waals surface area contributed by atoms with Crippen molar-refractivity contribution in [2.75, 3.05) is 26.0 Å². The van der Waals surface area contributed by atoms with E-state index in [1.165, 1.54) is 16.0 Å². The second-order valence-corrected chi connectivity index (χ2v) is 6.25. The SMILES string of the molecule is Cc1cccc(NC(=S)N[C@H](C[NH+](C)C)c2ccccc2)c1. The summed E-state index contributed by atoms with van der Waals surface area (Å²) < 4.78 is 0. The Morgan fingerprint density at radius 1 is 1.09 bits per heavy atom. The molecule has 4 heteroatoms. The summed E-state index contributed by atoms with van der Waals surface area (Å²) in [5, 5.41) is 7.35. The maximum atomic E-state index is 5.48. The fraction of sp³-hybridized carbons (Fsp3) is 0.278. The first-order chi connectivity index (χ1) is 10.5. The minimum absolute atomic E-state index is 0.191. The monoisotopic (exact) mass is 314 g/mol. The molecule has 0 heterocycles. The molecule has 1 atom stereocenters. The van der Waals surface area contributed by atoms with Gasteiger partial charge in [-0.25, -0.2) is 0 Å². The molecule has 0 fully saturated rings. The summed E-state index contributed by atoms with van der Waals surface area (Å²) in [5.41, 5.74) is 3.48. The molecule has 0 aliphatic carbocycles. The van der Waals surface area contributed by atoms with Crippen LogP contribution in [-0.4, -0.2) is 25.8 Å². The van der Waals surface area contributed by atoms with Crippen molar-refractivity contribution < 1.29 is 4.90 Å². The Balaban J connectivity index is 2.05. The Kier molecular flexibility index (Phi) is 5.92. The molecule has 2 aromatic rings. The first kappa shape index (κ1) is 16.5. The normalized spacial score (nSPS) is 12.0. The van der Waals surface area contributed by atoms with Crippen molar-refractivity contribution in [2.45, 2.75) is 13.0 Å². The van der Waals surface area contributed by atoms with Crippen molar-refractivity contribution in [2.24, 2.45) is 0 Å². The summed E-state index contributed by atoms with van der Waals surface area (Å²) in [6.07, 6.45) is 0. The Morgan fingerprint density at radius 2 is 1.82 bits per heavy atom. The van der Waals surface area contributed by atoms with E-state index in [0.29, 0.717) is 5.11 Å². The zero-order valence-corrected chi connectivity index (χ0v) is 14.2. The van der Waals surface area contributed by atoms with Crippen LogP contribution in [-0.2, 0) is 0 Å². The topological polar surface area (TPSA) is 28.5 Å². The number of thiocarbonyl (C=S) groups is 1. The van der Waals surface area contributed by atoms with Crippen LogP contribution in [0.3, 0.4) is 0 Å². The molecule has 0 aliphatic rings. The largest absolute Gasteiger partial charge is 0.350 e. The molecule has 0 aromatic heterocycles. The van der Waals surface area contributed by atoms with Gasteiger partial charge < -0.3 is 15.5 Å². The summed E-state index contributed by atoms with van der Waals surface area (Å²) in [6, 6.07) is 18.8. The molecule has 0 saturated carbocycles. The molecule has 0 radical (unpaired) electrons. The second-order valence-electron chi connectivity index (χ2n) is 5.84. The molecular weight excluding hydrogens is 290 g/mol. The summed E-state index contributed by atoms with van der Waals surface area (Å²) in [7, 11) is 4.29. The van der Waals surface area contributed by atoms with Crippen LogP contribution in [0.4, 0.5) is 5.69 Å². The number of hydrogen-bond acceptors (Lipinski definition) is 1. The van der Waals surface area contributed by atoms with Gasteiger partial charge in [0, 0.05) is 5.69 Å². The van der Waals surface area contributed by atoms with E-state index in [0.717, 1.165) is 12.2 Å². The molecule has 3 nitrogen and oxygen atoms in total. The predicted molar refractivity (Wildman–Crippen MR) is 97.4 cm³/mol. The van der Waals surface area contributed by atoms with E-state index in [4.69, 9.17) is 12.2 Å². The zero-order valence-electron chi connectivity index (χ0n) is 13.4. The minimum Gasteiger partial charge on any atom is -0.350 e. The number of rotatable bonds is 5. The molecule has 0 unspecified atom stereocenters. The lowest BCUT2D eigenvalue weighted by Gasteiger charge is -2.22. The van der Waals surface area contributed by atoms with Gasteiger partial charge in [-0.05, 0) is 42.4 Å². The van der Waals surface area contributed by atoms with Gasteiger partial charge in [0.15, 0.2) is 5.11 Å². The van der Waals surface area contributed by atoms with Crippen molar-refractivity contribution in [1.82, 2.24) is 5.32 Å². The molecule has 0 amide bonds. The van der Waals surface area contributed by atoms with Crippen LogP contribution >= 0.6 is 12.2 Å². The molecule has 116 valence electrons. The Hall–Kier alpha value is -1.91. The number of hydrogen-bond donors (Lipinski definition) is 3. The van der Waals surface area contributed by atoms with E-state index >= 15 is 0 Å². The molecule has 22 heavy (non-hydrogen) atoms. The number of anilines is 1. The molecule has 2 aromatic carbocycles. The summed E-state index contributed by atoms with van der Waals surface area (Å²) in [6.45, 7) is 3.03. The predicted octanol–water partition coefficient (Wildman–Crippen LogP) is 2.17. The summed E-state index contributed by atoms with van der Waals surface area (Å²) >= 11 is 5.48. The van der Waals surface area contributed by atoms with Crippen LogP contribution in [0.25, 0.3) is 0 Å². The molecule has 0 spiro atoms. The number of likely N-dealkylation sites (N-methyl/N-ethyl adjacent to an activating group) is 1. The highest BCUT2D eigenvalue weighted by atomic mass is 32.1. The van der Waals surface area contributed by atoms with E-state index in [1.807, 2.05) is 18.2 Å². The van der Waals surface area contributed by atoms with Gasteiger partial charge in [0.1, 0.15) is 12.6 Å². The van der Waals surface area contributed by atoms with Gasteiger partial charge in [-0.3, -0.25) is 0 Å².